The third kappa shape index (κ3) is 6.60. The zero-order valence-corrected chi connectivity index (χ0v) is 17.1. The molecule has 144 valence electrons. The number of nitrogens with zero attached hydrogens (tertiary/aromatic N) is 1. The van der Waals surface area contributed by atoms with E-state index >= 15 is 0 Å². The van der Waals surface area contributed by atoms with Crippen molar-refractivity contribution < 1.29 is 17.9 Å². The molecule has 6 heteroatoms. The van der Waals surface area contributed by atoms with E-state index in [0.29, 0.717) is 28.3 Å². The molecule has 0 unspecified atom stereocenters. The number of hydrogen-bond acceptors (Lipinski definition) is 4. The van der Waals surface area contributed by atoms with E-state index in [0.717, 1.165) is 45.3 Å². The van der Waals surface area contributed by atoms with Gasteiger partial charge in [0.25, 0.3) is 0 Å². The molecule has 1 rings (SSSR count). The minimum Gasteiger partial charge on any atom is -0.497 e. The van der Waals surface area contributed by atoms with Crippen molar-refractivity contribution in [3.8, 4) is 5.75 Å². The molecule has 25 heavy (non-hydrogen) atoms. The number of methoxy groups -OCH3 is 1. The van der Waals surface area contributed by atoms with Gasteiger partial charge in [-0.05, 0) is 62.8 Å². The topological polar surface area (TPSA) is 55.8 Å². The summed E-state index contributed by atoms with van der Waals surface area (Å²) in [6.07, 6.45) is 5.01. The van der Waals surface area contributed by atoms with Gasteiger partial charge >= 0.3 is 0 Å². The lowest BCUT2D eigenvalue weighted by atomic mass is 10.1. The van der Waals surface area contributed by atoms with E-state index in [9.17, 15) is 8.42 Å². The predicted octanol–water partition coefficient (Wildman–Crippen LogP) is 3.92. The van der Waals surface area contributed by atoms with Gasteiger partial charge in [-0.3, -0.25) is 0 Å². The molecule has 0 N–H and O–H groups in total. The highest BCUT2D eigenvalue weighted by molar-refractivity contribution is 7.89. The lowest BCUT2D eigenvalue weighted by Crippen LogP contribution is -2.29. The smallest absolute Gasteiger partial charge is 0.243 e. The molecule has 0 spiro atoms. The molecular formula is C19H33NO4S. The van der Waals surface area contributed by atoms with Crippen LogP contribution in [0.4, 0.5) is 0 Å². The second kappa shape index (κ2) is 10.8. The Balaban J connectivity index is 2.56. The molecule has 0 bridgehead atoms. The minimum absolute atomic E-state index is 0.388. The zero-order chi connectivity index (χ0) is 18.9. The standard InChI is InChI=1S/C19H33NO4S/c1-6-7-12-24-13-10-8-9-11-20(4)25(21,22)19-16(2)14-18(23-5)15-17(19)3/h14-15H,6-13H2,1-5H3. The molecule has 0 heterocycles. The monoisotopic (exact) mass is 371 g/mol. The van der Waals surface area contributed by atoms with Gasteiger partial charge in [-0.1, -0.05) is 13.3 Å². The summed E-state index contributed by atoms with van der Waals surface area (Å²) in [5, 5.41) is 0. The Morgan fingerprint density at radius 1 is 1.00 bits per heavy atom. The van der Waals surface area contributed by atoms with Crippen LogP contribution in [0.1, 0.15) is 50.2 Å². The van der Waals surface area contributed by atoms with Crippen LogP contribution in [0.25, 0.3) is 0 Å². The molecule has 0 saturated carbocycles. The van der Waals surface area contributed by atoms with E-state index in [4.69, 9.17) is 9.47 Å². The first-order chi connectivity index (χ1) is 11.8. The van der Waals surface area contributed by atoms with E-state index in [2.05, 4.69) is 6.92 Å². The van der Waals surface area contributed by atoms with Crippen molar-refractivity contribution in [1.29, 1.82) is 0 Å². The fraction of sp³-hybridized carbons (Fsp3) is 0.684. The number of sulfonamides is 1. The lowest BCUT2D eigenvalue weighted by Gasteiger charge is -2.20. The molecular weight excluding hydrogens is 338 g/mol. The SMILES string of the molecule is CCCCOCCCCCN(C)S(=O)(=O)c1c(C)cc(OC)cc1C. The molecule has 0 radical (unpaired) electrons. The molecule has 1 aromatic carbocycles. The maximum absolute atomic E-state index is 12.9. The summed E-state index contributed by atoms with van der Waals surface area (Å²) in [6.45, 7) is 7.86. The van der Waals surface area contributed by atoms with Crippen molar-refractivity contribution in [2.45, 2.75) is 57.8 Å². The Morgan fingerprint density at radius 3 is 2.16 bits per heavy atom. The number of ether oxygens (including phenoxy) is 2. The van der Waals surface area contributed by atoms with Gasteiger partial charge in [0, 0.05) is 26.8 Å². The summed E-state index contributed by atoms with van der Waals surface area (Å²) in [7, 11) is -0.251. The van der Waals surface area contributed by atoms with Crippen LogP contribution >= 0.6 is 0 Å². The van der Waals surface area contributed by atoms with E-state index in [-0.39, 0.29) is 0 Å². The van der Waals surface area contributed by atoms with Gasteiger partial charge in [0.2, 0.25) is 10.0 Å². The Bertz CT molecular complexity index is 605. The van der Waals surface area contributed by atoms with Gasteiger partial charge in [-0.2, -0.15) is 0 Å². The van der Waals surface area contributed by atoms with E-state index in [1.165, 1.54) is 4.31 Å². The summed E-state index contributed by atoms with van der Waals surface area (Å²) in [6, 6.07) is 3.53. The van der Waals surface area contributed by atoms with Crippen molar-refractivity contribution in [2.75, 3.05) is 33.9 Å². The number of benzene rings is 1. The average Bonchev–Trinajstić information content (AvgIpc) is 2.55. The third-order valence-corrected chi connectivity index (χ3v) is 6.40. The van der Waals surface area contributed by atoms with Crippen LogP contribution in [0.2, 0.25) is 0 Å². The van der Waals surface area contributed by atoms with Gasteiger partial charge in [0.05, 0.1) is 12.0 Å². The van der Waals surface area contributed by atoms with Gasteiger partial charge in [-0.15, -0.1) is 0 Å². The van der Waals surface area contributed by atoms with E-state index in [1.807, 2.05) is 13.8 Å². The molecule has 0 atom stereocenters. The number of unbranched alkanes of at least 4 members (excludes halogenated alkanes) is 3. The Labute approximate surface area is 153 Å². The first kappa shape index (κ1) is 21.9. The van der Waals surface area contributed by atoms with E-state index in [1.54, 1.807) is 26.3 Å². The predicted molar refractivity (Wildman–Crippen MR) is 102 cm³/mol. The molecule has 0 saturated heterocycles. The van der Waals surface area contributed by atoms with Gasteiger partial charge in [-0.25, -0.2) is 12.7 Å². The van der Waals surface area contributed by atoms with Crippen LogP contribution in [0.15, 0.2) is 17.0 Å². The second-order valence-electron chi connectivity index (χ2n) is 6.44. The number of aryl methyl sites for hydroxylation is 2. The van der Waals surface area contributed by atoms with E-state index < -0.39 is 10.0 Å². The van der Waals surface area contributed by atoms with Gasteiger partial charge in [0.15, 0.2) is 0 Å². The molecule has 0 amide bonds. The van der Waals surface area contributed by atoms with Crippen LogP contribution in [-0.2, 0) is 14.8 Å². The Morgan fingerprint density at radius 2 is 1.60 bits per heavy atom. The molecule has 0 fully saturated rings. The summed E-state index contributed by atoms with van der Waals surface area (Å²) in [5.74, 6) is 0.680. The molecule has 0 aliphatic rings. The first-order valence-corrected chi connectivity index (χ1v) is 10.5. The van der Waals surface area contributed by atoms with Crippen LogP contribution in [0, 0.1) is 13.8 Å². The number of rotatable bonds is 12. The third-order valence-electron chi connectivity index (χ3n) is 4.24. The van der Waals surface area contributed by atoms with Crippen LogP contribution in [-0.4, -0.2) is 46.6 Å². The highest BCUT2D eigenvalue weighted by Crippen LogP contribution is 2.27. The van der Waals surface area contributed by atoms with Crippen molar-refractivity contribution in [2.24, 2.45) is 0 Å². The van der Waals surface area contributed by atoms with Gasteiger partial charge in [0.1, 0.15) is 5.75 Å². The van der Waals surface area contributed by atoms with Crippen LogP contribution in [0.5, 0.6) is 5.75 Å². The van der Waals surface area contributed by atoms with Gasteiger partial charge < -0.3 is 9.47 Å². The van der Waals surface area contributed by atoms with Crippen molar-refractivity contribution >= 4 is 10.0 Å². The minimum atomic E-state index is -3.48. The highest BCUT2D eigenvalue weighted by Gasteiger charge is 2.25. The van der Waals surface area contributed by atoms with Crippen LogP contribution < -0.4 is 4.74 Å². The Kier molecular flexibility index (Phi) is 9.46. The van der Waals surface area contributed by atoms with Crippen LogP contribution in [0.3, 0.4) is 0 Å². The largest absolute Gasteiger partial charge is 0.497 e. The maximum atomic E-state index is 12.9. The summed E-state index contributed by atoms with van der Waals surface area (Å²) < 4.78 is 37.9. The summed E-state index contributed by atoms with van der Waals surface area (Å²) >= 11 is 0. The average molecular weight is 372 g/mol. The molecule has 5 nitrogen and oxygen atoms in total. The normalized spacial score (nSPS) is 11.9. The quantitative estimate of drug-likeness (QED) is 0.523. The fourth-order valence-electron chi connectivity index (χ4n) is 2.78. The Hall–Kier alpha value is -1.11. The molecule has 0 aliphatic heterocycles. The maximum Gasteiger partial charge on any atom is 0.243 e. The summed E-state index contributed by atoms with van der Waals surface area (Å²) in [5.41, 5.74) is 1.43. The molecule has 0 aliphatic carbocycles. The van der Waals surface area contributed by atoms with Crippen molar-refractivity contribution in [1.82, 2.24) is 4.31 Å². The molecule has 1 aromatic rings. The molecule has 0 aromatic heterocycles. The zero-order valence-electron chi connectivity index (χ0n) is 16.3. The lowest BCUT2D eigenvalue weighted by molar-refractivity contribution is 0.127. The fourth-order valence-corrected chi connectivity index (χ4v) is 4.39. The van der Waals surface area contributed by atoms with Crippen molar-refractivity contribution in [3.05, 3.63) is 23.3 Å². The second-order valence-corrected chi connectivity index (χ2v) is 8.43. The highest BCUT2D eigenvalue weighted by atomic mass is 32.2. The number of hydrogen-bond donors (Lipinski definition) is 0. The summed E-state index contributed by atoms with van der Waals surface area (Å²) in [4.78, 5) is 0.388. The first-order valence-electron chi connectivity index (χ1n) is 9.04. The van der Waals surface area contributed by atoms with Crippen molar-refractivity contribution in [3.63, 3.8) is 0 Å².